The molecule has 2 rings (SSSR count). The second kappa shape index (κ2) is 4.28. The Morgan fingerprint density at radius 2 is 2.12 bits per heavy atom. The fraction of sp³-hybridized carbons (Fsp3) is 0.167. The first kappa shape index (κ1) is 10.6. The van der Waals surface area contributed by atoms with E-state index in [2.05, 4.69) is 4.98 Å². The second-order valence-corrected chi connectivity index (χ2v) is 3.55. The van der Waals surface area contributed by atoms with Gasteiger partial charge in [-0.1, -0.05) is 18.2 Å². The second-order valence-electron chi connectivity index (χ2n) is 3.55. The van der Waals surface area contributed by atoms with Gasteiger partial charge in [0, 0.05) is 18.0 Å². The number of aliphatic hydroxyl groups excluding tert-OH is 1. The topological polar surface area (TPSA) is 70.4 Å². The van der Waals surface area contributed by atoms with E-state index < -0.39 is 12.1 Å². The van der Waals surface area contributed by atoms with E-state index in [4.69, 9.17) is 5.11 Å². The number of pyridine rings is 1. The molecule has 0 aliphatic heterocycles. The van der Waals surface area contributed by atoms with Gasteiger partial charge in [0.1, 0.15) is 0 Å². The lowest BCUT2D eigenvalue weighted by atomic mass is 10.0. The average molecular weight is 217 g/mol. The van der Waals surface area contributed by atoms with Crippen molar-refractivity contribution >= 4 is 16.9 Å². The molecular weight excluding hydrogens is 206 g/mol. The lowest BCUT2D eigenvalue weighted by Gasteiger charge is -2.08. The van der Waals surface area contributed by atoms with E-state index in [1.165, 1.54) is 0 Å². The highest BCUT2D eigenvalue weighted by molar-refractivity contribution is 5.83. The molecule has 0 amide bonds. The maximum Gasteiger partial charge on any atom is 0.332 e. The molecule has 4 heteroatoms. The van der Waals surface area contributed by atoms with Crippen LogP contribution in [-0.4, -0.2) is 27.3 Å². The number of aromatic nitrogens is 1. The Balaban J connectivity index is 2.41. The lowest BCUT2D eigenvalue weighted by Crippen LogP contribution is -2.22. The molecule has 0 fully saturated rings. The van der Waals surface area contributed by atoms with Crippen LogP contribution in [0, 0.1) is 0 Å². The molecule has 1 aromatic carbocycles. The third kappa shape index (κ3) is 2.01. The Morgan fingerprint density at radius 3 is 2.88 bits per heavy atom. The van der Waals surface area contributed by atoms with Crippen molar-refractivity contribution in [3.8, 4) is 0 Å². The van der Waals surface area contributed by atoms with Crippen molar-refractivity contribution in [1.82, 2.24) is 4.98 Å². The summed E-state index contributed by atoms with van der Waals surface area (Å²) in [6.45, 7) is 0. The Bertz CT molecular complexity index is 519. The molecule has 0 aliphatic rings. The van der Waals surface area contributed by atoms with Gasteiger partial charge in [0.2, 0.25) is 0 Å². The Kier molecular flexibility index (Phi) is 2.83. The summed E-state index contributed by atoms with van der Waals surface area (Å²) in [5, 5.41) is 18.8. The summed E-state index contributed by atoms with van der Waals surface area (Å²) in [5.41, 5.74) is 1.60. The molecule has 1 heterocycles. The molecule has 0 saturated heterocycles. The molecule has 4 nitrogen and oxygen atoms in total. The molecule has 0 radical (unpaired) electrons. The lowest BCUT2D eigenvalue weighted by molar-refractivity contribution is -0.146. The minimum atomic E-state index is -1.37. The molecule has 0 saturated carbocycles. The molecule has 2 aromatic rings. The maximum absolute atomic E-state index is 10.6. The minimum Gasteiger partial charge on any atom is -0.479 e. The molecule has 82 valence electrons. The van der Waals surface area contributed by atoms with Gasteiger partial charge in [-0.05, 0) is 17.7 Å². The smallest absolute Gasteiger partial charge is 0.332 e. The maximum atomic E-state index is 10.6. The van der Waals surface area contributed by atoms with E-state index >= 15 is 0 Å². The molecule has 1 atom stereocenters. The predicted octanol–water partition coefficient (Wildman–Crippen LogP) is 1.22. The predicted molar refractivity (Wildman–Crippen MR) is 59.1 cm³/mol. The molecule has 16 heavy (non-hydrogen) atoms. The number of rotatable bonds is 3. The molecule has 0 bridgehead atoms. The number of hydrogen-bond acceptors (Lipinski definition) is 3. The monoisotopic (exact) mass is 217 g/mol. The van der Waals surface area contributed by atoms with Gasteiger partial charge in [-0.25, -0.2) is 4.79 Å². The Hall–Kier alpha value is -1.94. The van der Waals surface area contributed by atoms with Crippen LogP contribution in [0.3, 0.4) is 0 Å². The van der Waals surface area contributed by atoms with Crippen molar-refractivity contribution in [3.63, 3.8) is 0 Å². The molecule has 1 unspecified atom stereocenters. The zero-order valence-electron chi connectivity index (χ0n) is 8.50. The van der Waals surface area contributed by atoms with E-state index in [0.717, 1.165) is 16.5 Å². The van der Waals surface area contributed by atoms with Crippen molar-refractivity contribution in [1.29, 1.82) is 0 Å². The summed E-state index contributed by atoms with van der Waals surface area (Å²) in [5.74, 6) is -1.21. The third-order valence-electron chi connectivity index (χ3n) is 2.43. The molecular formula is C12H11NO3. The molecule has 1 aromatic heterocycles. The van der Waals surface area contributed by atoms with Gasteiger partial charge >= 0.3 is 5.97 Å². The fourth-order valence-electron chi connectivity index (χ4n) is 1.64. The van der Waals surface area contributed by atoms with Gasteiger partial charge in [0.15, 0.2) is 6.10 Å². The van der Waals surface area contributed by atoms with Crippen LogP contribution in [-0.2, 0) is 11.2 Å². The molecule has 0 spiro atoms. The minimum absolute atomic E-state index is 0.0956. The van der Waals surface area contributed by atoms with Crippen LogP contribution >= 0.6 is 0 Å². The summed E-state index contributed by atoms with van der Waals surface area (Å²) in [4.78, 5) is 14.7. The summed E-state index contributed by atoms with van der Waals surface area (Å²) in [7, 11) is 0. The quantitative estimate of drug-likeness (QED) is 0.811. The number of benzene rings is 1. The van der Waals surface area contributed by atoms with E-state index in [1.54, 1.807) is 24.4 Å². The van der Waals surface area contributed by atoms with E-state index in [0.29, 0.717) is 0 Å². The van der Waals surface area contributed by atoms with Crippen LogP contribution in [0.5, 0.6) is 0 Å². The summed E-state index contributed by atoms with van der Waals surface area (Å²) < 4.78 is 0. The van der Waals surface area contributed by atoms with Crippen molar-refractivity contribution in [2.75, 3.05) is 0 Å². The van der Waals surface area contributed by atoms with E-state index in [9.17, 15) is 9.90 Å². The number of aliphatic hydroxyl groups is 1. The average Bonchev–Trinajstić information content (AvgIpc) is 2.29. The standard InChI is InChI=1S/C12H11NO3/c14-11(12(15)16)7-8-3-1-5-10-9(8)4-2-6-13-10/h1-6,11,14H,7H2,(H,15,16). The van der Waals surface area contributed by atoms with Crippen LogP contribution in [0.1, 0.15) is 5.56 Å². The van der Waals surface area contributed by atoms with Gasteiger partial charge in [0.05, 0.1) is 5.52 Å². The van der Waals surface area contributed by atoms with Gasteiger partial charge in [-0.15, -0.1) is 0 Å². The van der Waals surface area contributed by atoms with Gasteiger partial charge in [-0.3, -0.25) is 4.98 Å². The number of hydrogen-bond donors (Lipinski definition) is 2. The summed E-state index contributed by atoms with van der Waals surface area (Å²) in [6, 6.07) is 9.12. The Morgan fingerprint density at radius 1 is 1.31 bits per heavy atom. The van der Waals surface area contributed by atoms with Crippen LogP contribution in [0.2, 0.25) is 0 Å². The Labute approximate surface area is 92.2 Å². The highest BCUT2D eigenvalue weighted by Gasteiger charge is 2.15. The van der Waals surface area contributed by atoms with Crippen LogP contribution in [0.15, 0.2) is 36.5 Å². The largest absolute Gasteiger partial charge is 0.479 e. The van der Waals surface area contributed by atoms with Gasteiger partial charge in [0.25, 0.3) is 0 Å². The van der Waals surface area contributed by atoms with Crippen molar-refractivity contribution in [2.45, 2.75) is 12.5 Å². The summed E-state index contributed by atoms with van der Waals surface area (Å²) >= 11 is 0. The molecule has 2 N–H and O–H groups in total. The molecule has 0 aliphatic carbocycles. The SMILES string of the molecule is O=C(O)C(O)Cc1cccc2ncccc12. The highest BCUT2D eigenvalue weighted by atomic mass is 16.4. The van der Waals surface area contributed by atoms with E-state index in [-0.39, 0.29) is 6.42 Å². The van der Waals surface area contributed by atoms with Crippen molar-refractivity contribution in [3.05, 3.63) is 42.1 Å². The van der Waals surface area contributed by atoms with Crippen LogP contribution in [0.25, 0.3) is 10.9 Å². The van der Waals surface area contributed by atoms with E-state index in [1.807, 2.05) is 12.1 Å². The number of carboxylic acid groups (broad SMARTS) is 1. The van der Waals surface area contributed by atoms with Crippen LogP contribution in [0.4, 0.5) is 0 Å². The number of nitrogens with zero attached hydrogens (tertiary/aromatic N) is 1. The number of aliphatic carboxylic acids is 1. The van der Waals surface area contributed by atoms with Gasteiger partial charge < -0.3 is 10.2 Å². The highest BCUT2D eigenvalue weighted by Crippen LogP contribution is 2.17. The van der Waals surface area contributed by atoms with Crippen LogP contribution < -0.4 is 0 Å². The van der Waals surface area contributed by atoms with Crippen molar-refractivity contribution < 1.29 is 15.0 Å². The van der Waals surface area contributed by atoms with Crippen molar-refractivity contribution in [2.24, 2.45) is 0 Å². The summed E-state index contributed by atoms with van der Waals surface area (Å²) in [6.07, 6.45) is 0.406. The fourth-order valence-corrected chi connectivity index (χ4v) is 1.64. The normalized spacial score (nSPS) is 12.6. The zero-order chi connectivity index (χ0) is 11.5. The number of fused-ring (bicyclic) bond motifs is 1. The first-order valence-corrected chi connectivity index (χ1v) is 4.92. The number of carbonyl (C=O) groups is 1. The number of carboxylic acids is 1. The van der Waals surface area contributed by atoms with Gasteiger partial charge in [-0.2, -0.15) is 0 Å². The third-order valence-corrected chi connectivity index (χ3v) is 2.43. The first-order valence-electron chi connectivity index (χ1n) is 4.92. The first-order chi connectivity index (χ1) is 7.68. The zero-order valence-corrected chi connectivity index (χ0v) is 8.50.